The third-order valence-electron chi connectivity index (χ3n) is 5.85. The summed E-state index contributed by atoms with van der Waals surface area (Å²) in [5.41, 5.74) is 22.4. The number of carbonyl (C=O) groups excluding carboxylic acids is 4. The van der Waals surface area contributed by atoms with Crippen LogP contribution in [0.2, 0.25) is 0 Å². The number of rotatable bonds is 17. The normalized spacial score (nSPS) is 13.8. The summed E-state index contributed by atoms with van der Waals surface area (Å²) >= 11 is 0. The largest absolute Gasteiger partial charge is 0.508 e. The fourth-order valence-electron chi connectivity index (χ4n) is 3.62. The third-order valence-corrected chi connectivity index (χ3v) is 5.85. The molecule has 4 atom stereocenters. The maximum absolute atomic E-state index is 13.1. The molecule has 40 heavy (non-hydrogen) atoms. The van der Waals surface area contributed by atoms with Crippen molar-refractivity contribution in [1.82, 2.24) is 16.0 Å². The van der Waals surface area contributed by atoms with E-state index in [-0.39, 0.29) is 50.4 Å². The summed E-state index contributed by atoms with van der Waals surface area (Å²) in [5, 5.41) is 26.4. The maximum Gasteiger partial charge on any atom is 0.326 e. The maximum atomic E-state index is 13.1. The van der Waals surface area contributed by atoms with Crippen LogP contribution in [0, 0.1) is 5.92 Å². The van der Waals surface area contributed by atoms with Gasteiger partial charge in [-0.2, -0.15) is 0 Å². The Hall–Kier alpha value is -4.40. The van der Waals surface area contributed by atoms with E-state index in [4.69, 9.17) is 22.9 Å². The van der Waals surface area contributed by atoms with Gasteiger partial charge in [-0.05, 0) is 49.3 Å². The molecular formula is C25H40N8O7. The van der Waals surface area contributed by atoms with E-state index in [1.165, 1.54) is 12.1 Å². The smallest absolute Gasteiger partial charge is 0.326 e. The van der Waals surface area contributed by atoms with Gasteiger partial charge < -0.3 is 49.1 Å². The number of amides is 4. The molecule has 0 aliphatic heterocycles. The lowest BCUT2D eigenvalue weighted by Crippen LogP contribution is -2.58. The molecule has 222 valence electrons. The van der Waals surface area contributed by atoms with Crippen LogP contribution in [0.3, 0.4) is 0 Å². The van der Waals surface area contributed by atoms with Crippen LogP contribution < -0.4 is 38.9 Å². The monoisotopic (exact) mass is 564 g/mol. The molecule has 1 aromatic rings. The highest BCUT2D eigenvalue weighted by atomic mass is 16.4. The van der Waals surface area contributed by atoms with Gasteiger partial charge in [-0.3, -0.25) is 24.2 Å². The van der Waals surface area contributed by atoms with Crippen molar-refractivity contribution in [3.8, 4) is 5.75 Å². The lowest BCUT2D eigenvalue weighted by molar-refractivity contribution is -0.142. The molecule has 0 fully saturated rings. The number of carboxylic acid groups (broad SMARTS) is 1. The zero-order valence-corrected chi connectivity index (χ0v) is 22.6. The zero-order valence-electron chi connectivity index (χ0n) is 22.6. The van der Waals surface area contributed by atoms with E-state index >= 15 is 0 Å². The van der Waals surface area contributed by atoms with Crippen LogP contribution in [0.15, 0.2) is 29.3 Å². The van der Waals surface area contributed by atoms with E-state index in [1.807, 2.05) is 0 Å². The summed E-state index contributed by atoms with van der Waals surface area (Å²) in [4.78, 5) is 65.7. The fraction of sp³-hybridized carbons (Fsp3) is 0.520. The number of nitrogens with two attached hydrogens (primary N) is 4. The summed E-state index contributed by atoms with van der Waals surface area (Å²) in [5.74, 6) is -4.75. The van der Waals surface area contributed by atoms with Crippen LogP contribution in [-0.2, 0) is 30.4 Å². The van der Waals surface area contributed by atoms with Crippen LogP contribution in [0.25, 0.3) is 0 Å². The summed E-state index contributed by atoms with van der Waals surface area (Å²) in [7, 11) is 0. The lowest BCUT2D eigenvalue weighted by Gasteiger charge is -2.27. The van der Waals surface area contributed by atoms with E-state index in [0.717, 1.165) is 0 Å². The highest BCUT2D eigenvalue weighted by Crippen LogP contribution is 2.12. The number of primary amides is 1. The van der Waals surface area contributed by atoms with Crippen molar-refractivity contribution in [2.24, 2.45) is 33.8 Å². The Morgan fingerprint density at radius 1 is 0.875 bits per heavy atom. The van der Waals surface area contributed by atoms with Crippen molar-refractivity contribution in [3.63, 3.8) is 0 Å². The quantitative estimate of drug-likeness (QED) is 0.0558. The average Bonchev–Trinajstić information content (AvgIpc) is 2.86. The van der Waals surface area contributed by atoms with Gasteiger partial charge in [0, 0.05) is 13.0 Å². The van der Waals surface area contributed by atoms with Crippen molar-refractivity contribution >= 4 is 35.6 Å². The second-order valence-electron chi connectivity index (χ2n) is 9.62. The van der Waals surface area contributed by atoms with Crippen LogP contribution in [-0.4, -0.2) is 76.5 Å². The number of guanidine groups is 1. The Bertz CT molecular complexity index is 1060. The molecule has 0 saturated heterocycles. The number of phenolic OH excluding ortho intramolecular Hbond substituents is 1. The van der Waals surface area contributed by atoms with Gasteiger partial charge in [0.15, 0.2) is 5.96 Å². The molecule has 0 heterocycles. The molecule has 1 aromatic carbocycles. The first-order valence-electron chi connectivity index (χ1n) is 12.7. The predicted octanol–water partition coefficient (Wildman–Crippen LogP) is -2.22. The predicted molar refractivity (Wildman–Crippen MR) is 146 cm³/mol. The molecule has 0 aliphatic carbocycles. The number of hydrogen-bond donors (Lipinski definition) is 9. The molecule has 0 spiro atoms. The van der Waals surface area contributed by atoms with Crippen LogP contribution in [0.4, 0.5) is 0 Å². The van der Waals surface area contributed by atoms with E-state index in [0.29, 0.717) is 5.56 Å². The first kappa shape index (κ1) is 33.6. The van der Waals surface area contributed by atoms with Crippen molar-refractivity contribution in [2.45, 2.75) is 70.1 Å². The first-order valence-corrected chi connectivity index (χ1v) is 12.7. The molecule has 0 aliphatic rings. The molecule has 0 bridgehead atoms. The Balaban J connectivity index is 2.94. The molecule has 4 unspecified atom stereocenters. The average molecular weight is 565 g/mol. The van der Waals surface area contributed by atoms with Gasteiger partial charge in [-0.25, -0.2) is 4.79 Å². The number of nitrogens with one attached hydrogen (secondary N) is 3. The van der Waals surface area contributed by atoms with Gasteiger partial charge >= 0.3 is 5.97 Å². The van der Waals surface area contributed by atoms with Gasteiger partial charge in [0.1, 0.15) is 23.9 Å². The SMILES string of the molecule is CC(C)C(NC(=O)C(CCC(N)=O)NC(=O)C(N)Cc1ccc(O)cc1)C(=O)NC(CCCN=C(N)N)C(=O)O. The molecule has 4 amide bonds. The van der Waals surface area contributed by atoms with Gasteiger partial charge in [0.2, 0.25) is 23.6 Å². The summed E-state index contributed by atoms with van der Waals surface area (Å²) in [6.45, 7) is 3.45. The number of phenols is 1. The molecule has 15 heteroatoms. The van der Waals surface area contributed by atoms with Gasteiger partial charge in [-0.1, -0.05) is 26.0 Å². The number of carbonyl (C=O) groups is 5. The number of aliphatic imine (C=N–C) groups is 1. The molecule has 13 N–H and O–H groups in total. The second-order valence-corrected chi connectivity index (χ2v) is 9.62. The van der Waals surface area contributed by atoms with Crippen LogP contribution >= 0.6 is 0 Å². The number of aliphatic carboxylic acids is 1. The second kappa shape index (κ2) is 16.5. The number of carboxylic acids is 1. The van der Waals surface area contributed by atoms with E-state index in [9.17, 15) is 34.2 Å². The van der Waals surface area contributed by atoms with Gasteiger partial charge in [0.25, 0.3) is 0 Å². The summed E-state index contributed by atoms with van der Waals surface area (Å²) in [6.07, 6.45) is 0.0220. The molecular weight excluding hydrogens is 524 g/mol. The third kappa shape index (κ3) is 12.4. The van der Waals surface area contributed by atoms with Crippen LogP contribution in [0.5, 0.6) is 5.75 Å². The van der Waals surface area contributed by atoms with Crippen molar-refractivity contribution < 1.29 is 34.2 Å². The van der Waals surface area contributed by atoms with Gasteiger partial charge in [-0.15, -0.1) is 0 Å². The first-order chi connectivity index (χ1) is 18.7. The number of benzene rings is 1. The van der Waals surface area contributed by atoms with Gasteiger partial charge in [0.05, 0.1) is 6.04 Å². The standard InChI is InChI=1S/C25H40N8O7/c1-13(2)20(23(38)32-18(24(39)40)4-3-11-30-25(28)29)33-22(37)17(9-10-19(27)35)31-21(36)16(26)12-14-5-7-15(34)8-6-14/h5-8,13,16-18,20,34H,3-4,9-12,26H2,1-2H3,(H2,27,35)(H,31,36)(H,32,38)(H,33,37)(H,39,40)(H4,28,29,30). The zero-order chi connectivity index (χ0) is 30.4. The highest BCUT2D eigenvalue weighted by Gasteiger charge is 2.32. The van der Waals surface area contributed by atoms with E-state index < -0.39 is 59.7 Å². The molecule has 15 nitrogen and oxygen atoms in total. The molecule has 1 rings (SSSR count). The Morgan fingerprint density at radius 2 is 1.48 bits per heavy atom. The van der Waals surface area contributed by atoms with E-state index in [1.54, 1.807) is 26.0 Å². The minimum Gasteiger partial charge on any atom is -0.508 e. The Kier molecular flexibility index (Phi) is 13.9. The highest BCUT2D eigenvalue weighted by molar-refractivity contribution is 5.94. The van der Waals surface area contributed by atoms with Crippen molar-refractivity contribution in [2.75, 3.05) is 6.54 Å². The fourth-order valence-corrected chi connectivity index (χ4v) is 3.62. The van der Waals surface area contributed by atoms with Crippen LogP contribution in [0.1, 0.15) is 45.1 Å². The topological polar surface area (TPSA) is 278 Å². The van der Waals surface area contributed by atoms with Crippen molar-refractivity contribution in [3.05, 3.63) is 29.8 Å². The minimum absolute atomic E-state index is 0.0346. The minimum atomic E-state index is -1.28. The molecule has 0 saturated carbocycles. The molecule has 0 radical (unpaired) electrons. The lowest BCUT2D eigenvalue weighted by atomic mass is 10.0. The summed E-state index contributed by atoms with van der Waals surface area (Å²) in [6, 6.07) is 1.34. The van der Waals surface area contributed by atoms with E-state index in [2.05, 4.69) is 20.9 Å². The van der Waals surface area contributed by atoms with Crippen molar-refractivity contribution in [1.29, 1.82) is 0 Å². The Morgan fingerprint density at radius 3 is 2.00 bits per heavy atom. The number of aromatic hydroxyl groups is 1. The summed E-state index contributed by atoms with van der Waals surface area (Å²) < 4.78 is 0. The number of nitrogens with zero attached hydrogens (tertiary/aromatic N) is 1. The molecule has 0 aromatic heterocycles. The number of hydrogen-bond acceptors (Lipinski definition) is 8. The Labute approximate surface area is 232 Å².